The molecule has 1 N–H and O–H groups in total. The summed E-state index contributed by atoms with van der Waals surface area (Å²) in [5, 5.41) is 9.33. The highest BCUT2D eigenvalue weighted by atomic mass is 16.6. The molecule has 1 aromatic rings. The molecule has 104 valence electrons. The third kappa shape index (κ3) is 3.21. The molecule has 0 unspecified atom stereocenters. The first-order valence-electron chi connectivity index (χ1n) is 5.43. The van der Waals surface area contributed by atoms with E-state index in [1.807, 2.05) is 0 Å². The molecular formula is C10H13N3O6. The molecule has 0 aromatic carbocycles. The van der Waals surface area contributed by atoms with Crippen molar-refractivity contribution in [2.24, 2.45) is 0 Å². The number of carbonyl (C=O) groups is 3. The molecule has 0 bridgehead atoms. The fraction of sp³-hybridized carbons (Fsp3) is 0.400. The molecule has 0 spiro atoms. The first-order chi connectivity index (χ1) is 9.02. The average Bonchev–Trinajstić information content (AvgIpc) is 2.79. The van der Waals surface area contributed by atoms with Crippen molar-refractivity contribution in [3.05, 3.63) is 18.2 Å². The van der Waals surface area contributed by atoms with Crippen LogP contribution in [0.1, 0.15) is 24.5 Å². The van der Waals surface area contributed by atoms with Gasteiger partial charge in [-0.25, -0.2) is 24.0 Å². The Kier molecular flexibility index (Phi) is 4.86. The van der Waals surface area contributed by atoms with Crippen molar-refractivity contribution in [1.82, 2.24) is 9.66 Å². The molecule has 1 heterocycles. The van der Waals surface area contributed by atoms with Gasteiger partial charge in [0.15, 0.2) is 0 Å². The van der Waals surface area contributed by atoms with E-state index in [2.05, 4.69) is 14.5 Å². The van der Waals surface area contributed by atoms with Gasteiger partial charge in [0.05, 0.1) is 13.2 Å². The molecule has 0 aliphatic rings. The van der Waals surface area contributed by atoms with E-state index < -0.39 is 24.0 Å². The summed E-state index contributed by atoms with van der Waals surface area (Å²) < 4.78 is 10.1. The van der Waals surface area contributed by atoms with Crippen LogP contribution in [-0.2, 0) is 9.47 Å². The minimum Gasteiger partial charge on any atom is -0.475 e. The topological polar surface area (TPSA) is 111 Å². The second kappa shape index (κ2) is 6.38. The van der Waals surface area contributed by atoms with Gasteiger partial charge in [-0.3, -0.25) is 0 Å². The van der Waals surface area contributed by atoms with Crippen molar-refractivity contribution < 1.29 is 29.0 Å². The minimum atomic E-state index is -1.40. The zero-order valence-electron chi connectivity index (χ0n) is 10.4. The molecule has 0 aliphatic carbocycles. The van der Waals surface area contributed by atoms with Gasteiger partial charge in [-0.2, -0.15) is 0 Å². The zero-order valence-corrected chi connectivity index (χ0v) is 10.4. The Hall–Kier alpha value is -2.58. The van der Waals surface area contributed by atoms with Crippen LogP contribution in [-0.4, -0.2) is 46.1 Å². The molecule has 0 aliphatic heterocycles. The maximum atomic E-state index is 11.7. The molecule has 9 nitrogen and oxygen atoms in total. The van der Waals surface area contributed by atoms with E-state index in [4.69, 9.17) is 5.11 Å². The maximum absolute atomic E-state index is 11.7. The van der Waals surface area contributed by atoms with Crippen LogP contribution in [0.4, 0.5) is 9.59 Å². The van der Waals surface area contributed by atoms with Crippen LogP contribution in [0.3, 0.4) is 0 Å². The van der Waals surface area contributed by atoms with Gasteiger partial charge in [-0.1, -0.05) is 0 Å². The monoisotopic (exact) mass is 271 g/mol. The molecule has 1 rings (SSSR count). The highest BCUT2D eigenvalue weighted by Gasteiger charge is 2.30. The number of hydrogen-bond donors (Lipinski definition) is 1. The third-order valence-electron chi connectivity index (χ3n) is 1.91. The predicted octanol–water partition coefficient (Wildman–Crippen LogP) is 0.832. The summed E-state index contributed by atoms with van der Waals surface area (Å²) in [6.07, 6.45) is 0.162. The van der Waals surface area contributed by atoms with Crippen LogP contribution in [0, 0.1) is 0 Å². The van der Waals surface area contributed by atoms with Crippen molar-refractivity contribution in [1.29, 1.82) is 0 Å². The standard InChI is InChI=1S/C10H13N3O6/c1-3-18-9(16)13(10(17)19-4-2)12-6-5-11-7(12)8(14)15/h5-6H,3-4H2,1-2H3,(H,14,15). The summed E-state index contributed by atoms with van der Waals surface area (Å²) in [6.45, 7) is 3.14. The van der Waals surface area contributed by atoms with Gasteiger partial charge in [-0.05, 0) is 13.8 Å². The number of carboxylic acid groups (broad SMARTS) is 1. The molecule has 0 saturated carbocycles. The second-order valence-electron chi connectivity index (χ2n) is 3.11. The van der Waals surface area contributed by atoms with Crippen LogP contribution in [0.25, 0.3) is 0 Å². The Balaban J connectivity index is 3.15. The van der Waals surface area contributed by atoms with Gasteiger partial charge >= 0.3 is 18.2 Å². The molecule has 9 heteroatoms. The Bertz CT molecular complexity index is 465. The summed E-state index contributed by atoms with van der Waals surface area (Å²) in [5.41, 5.74) is 0. The highest BCUT2D eigenvalue weighted by molar-refractivity contribution is 6.02. The summed E-state index contributed by atoms with van der Waals surface area (Å²) >= 11 is 0. The van der Waals surface area contributed by atoms with Crippen molar-refractivity contribution in [2.45, 2.75) is 13.8 Å². The van der Waals surface area contributed by atoms with Crippen LogP contribution >= 0.6 is 0 Å². The predicted molar refractivity (Wildman–Crippen MR) is 61.4 cm³/mol. The van der Waals surface area contributed by atoms with E-state index in [0.717, 1.165) is 17.1 Å². The largest absolute Gasteiger partial charge is 0.475 e. The number of aromatic nitrogens is 2. The quantitative estimate of drug-likeness (QED) is 0.863. The van der Waals surface area contributed by atoms with Crippen molar-refractivity contribution >= 4 is 18.2 Å². The number of rotatable bonds is 4. The van der Waals surface area contributed by atoms with Crippen LogP contribution in [0.5, 0.6) is 0 Å². The Morgan fingerprint density at radius 2 is 1.79 bits per heavy atom. The molecule has 0 atom stereocenters. The summed E-state index contributed by atoms with van der Waals surface area (Å²) in [7, 11) is 0. The number of nitrogens with zero attached hydrogens (tertiary/aromatic N) is 3. The smallest absolute Gasteiger partial charge is 0.439 e. The third-order valence-corrected chi connectivity index (χ3v) is 1.91. The molecule has 2 amide bonds. The fourth-order valence-electron chi connectivity index (χ4n) is 1.23. The Morgan fingerprint density at radius 1 is 1.26 bits per heavy atom. The van der Waals surface area contributed by atoms with Crippen molar-refractivity contribution in [3.8, 4) is 0 Å². The number of hydrogen-bond acceptors (Lipinski definition) is 6. The van der Waals surface area contributed by atoms with E-state index in [9.17, 15) is 14.4 Å². The van der Waals surface area contributed by atoms with Gasteiger partial charge < -0.3 is 14.6 Å². The van der Waals surface area contributed by atoms with E-state index >= 15 is 0 Å². The van der Waals surface area contributed by atoms with Gasteiger partial charge in [0, 0.05) is 12.4 Å². The van der Waals surface area contributed by atoms with Gasteiger partial charge in [0.1, 0.15) is 0 Å². The molecule has 1 aromatic heterocycles. The summed E-state index contributed by atoms with van der Waals surface area (Å²) in [6, 6.07) is 0. The maximum Gasteiger partial charge on any atom is 0.439 e. The second-order valence-corrected chi connectivity index (χ2v) is 3.11. The molecule has 0 saturated heterocycles. The van der Waals surface area contributed by atoms with Gasteiger partial charge in [-0.15, -0.1) is 5.01 Å². The lowest BCUT2D eigenvalue weighted by Crippen LogP contribution is -2.47. The lowest BCUT2D eigenvalue weighted by molar-refractivity contribution is 0.0677. The van der Waals surface area contributed by atoms with E-state index in [1.165, 1.54) is 0 Å². The number of ether oxygens (including phenoxy) is 2. The van der Waals surface area contributed by atoms with Crippen LogP contribution in [0.15, 0.2) is 12.4 Å². The van der Waals surface area contributed by atoms with Crippen molar-refractivity contribution in [2.75, 3.05) is 18.2 Å². The first kappa shape index (κ1) is 14.5. The lowest BCUT2D eigenvalue weighted by atomic mass is 10.6. The molecule has 0 fully saturated rings. The Morgan fingerprint density at radius 3 is 2.21 bits per heavy atom. The van der Waals surface area contributed by atoms with E-state index in [0.29, 0.717) is 5.01 Å². The summed E-state index contributed by atoms with van der Waals surface area (Å²) in [5.74, 6) is -1.91. The van der Waals surface area contributed by atoms with Gasteiger partial charge in [0.25, 0.3) is 0 Å². The normalized spacial score (nSPS) is 9.79. The zero-order chi connectivity index (χ0) is 14.4. The number of carbonyl (C=O) groups excluding carboxylic acids is 2. The van der Waals surface area contributed by atoms with Gasteiger partial charge in [0.2, 0.25) is 5.82 Å². The number of carboxylic acids is 1. The van der Waals surface area contributed by atoms with Crippen LogP contribution < -0.4 is 5.01 Å². The molecule has 19 heavy (non-hydrogen) atoms. The van der Waals surface area contributed by atoms with Crippen LogP contribution in [0.2, 0.25) is 0 Å². The first-order valence-corrected chi connectivity index (χ1v) is 5.43. The fourth-order valence-corrected chi connectivity index (χ4v) is 1.23. The Labute approximate surface area is 108 Å². The number of aromatic carboxylic acids is 1. The van der Waals surface area contributed by atoms with E-state index in [1.54, 1.807) is 13.8 Å². The lowest BCUT2D eigenvalue weighted by Gasteiger charge is -2.20. The average molecular weight is 271 g/mol. The molecular weight excluding hydrogens is 258 g/mol. The SMILES string of the molecule is CCOC(=O)N(C(=O)OCC)n1ccnc1C(=O)O. The van der Waals surface area contributed by atoms with Crippen molar-refractivity contribution in [3.63, 3.8) is 0 Å². The number of imidazole rings is 1. The highest BCUT2D eigenvalue weighted by Crippen LogP contribution is 2.04. The minimum absolute atomic E-state index is 0.0197. The molecule has 0 radical (unpaired) electrons. The summed E-state index contributed by atoms with van der Waals surface area (Å²) in [4.78, 5) is 37.9. The number of amides is 2. The van der Waals surface area contributed by atoms with E-state index in [-0.39, 0.29) is 13.2 Å². The number of imide groups is 1.